The Morgan fingerprint density at radius 1 is 0.852 bits per heavy atom. The van der Waals surface area contributed by atoms with Crippen molar-refractivity contribution in [3.63, 3.8) is 0 Å². The summed E-state index contributed by atoms with van der Waals surface area (Å²) >= 11 is 0. The number of aryl methyl sites for hydroxylation is 2. The molecule has 7 N–H and O–H groups in total. The number of nitrogens with two attached hydrogens (primary N) is 1. The second kappa shape index (κ2) is 14.2. The van der Waals surface area contributed by atoms with Gasteiger partial charge in [-0.05, 0) is 36.8 Å². The molecule has 0 saturated heterocycles. The van der Waals surface area contributed by atoms with Gasteiger partial charge in [-0.1, -0.05) is 63.3 Å². The lowest BCUT2D eigenvalue weighted by atomic mass is 9.93. The van der Waals surface area contributed by atoms with Gasteiger partial charge in [-0.3, -0.25) is 0 Å². The molecule has 1 aromatic carbocycles. The Balaban J connectivity index is 0.00000119. The highest BCUT2D eigenvalue weighted by atomic mass is 31.2. The van der Waals surface area contributed by atoms with Gasteiger partial charge >= 0.3 is 7.82 Å². The van der Waals surface area contributed by atoms with E-state index in [4.69, 9.17) is 25.0 Å². The third kappa shape index (κ3) is 15.9. The largest absolute Gasteiger partial charge is 0.466 e. The number of hydrogen-bond acceptors (Lipinski definition) is 4. The average molecular weight is 405 g/mol. The van der Waals surface area contributed by atoms with E-state index >= 15 is 0 Å². The lowest BCUT2D eigenvalue weighted by Crippen LogP contribution is -2.47. The fourth-order valence-electron chi connectivity index (χ4n) is 2.58. The molecule has 0 aliphatic carbocycles. The summed E-state index contributed by atoms with van der Waals surface area (Å²) in [4.78, 5) is 21.6. The van der Waals surface area contributed by atoms with Crippen molar-refractivity contribution in [2.24, 2.45) is 5.73 Å². The maximum atomic E-state index is 9.20. The number of phosphoric acid groups is 1. The predicted octanol–water partition coefficient (Wildman–Crippen LogP) is 2.28. The minimum atomic E-state index is -4.64. The molecule has 1 aromatic rings. The van der Waals surface area contributed by atoms with Crippen LogP contribution in [0.15, 0.2) is 24.3 Å². The molecule has 0 saturated carbocycles. The summed E-state index contributed by atoms with van der Waals surface area (Å²) in [5, 5.41) is 18.4. The maximum Gasteiger partial charge on any atom is 0.466 e. The van der Waals surface area contributed by atoms with E-state index in [0.717, 1.165) is 12.8 Å². The molecule has 0 atom stereocenters. The van der Waals surface area contributed by atoms with Crippen LogP contribution >= 0.6 is 7.82 Å². The predicted molar refractivity (Wildman–Crippen MR) is 107 cm³/mol. The fourth-order valence-corrected chi connectivity index (χ4v) is 2.58. The summed E-state index contributed by atoms with van der Waals surface area (Å²) in [7, 11) is -4.64. The Bertz CT molecular complexity index is 519. The normalized spacial score (nSPS) is 11.8. The van der Waals surface area contributed by atoms with Crippen LogP contribution in [0.5, 0.6) is 0 Å². The van der Waals surface area contributed by atoms with Gasteiger partial charge in [0.05, 0.1) is 18.8 Å². The molecular weight excluding hydrogens is 369 g/mol. The molecule has 27 heavy (non-hydrogen) atoms. The van der Waals surface area contributed by atoms with Gasteiger partial charge in [0.1, 0.15) is 0 Å². The van der Waals surface area contributed by atoms with Crippen molar-refractivity contribution in [2.75, 3.05) is 13.2 Å². The van der Waals surface area contributed by atoms with Crippen LogP contribution in [0.1, 0.15) is 63.0 Å². The van der Waals surface area contributed by atoms with Crippen LogP contribution < -0.4 is 5.73 Å². The zero-order valence-electron chi connectivity index (χ0n) is 16.3. The van der Waals surface area contributed by atoms with E-state index in [0.29, 0.717) is 6.42 Å². The third-order valence-corrected chi connectivity index (χ3v) is 4.38. The molecule has 0 amide bonds. The van der Waals surface area contributed by atoms with E-state index in [1.165, 1.54) is 49.7 Å². The standard InChI is InChI=1S/C19H33NO2.H3O4P/c1-2-3-4-5-6-7-8-17-9-11-18(12-10-17)13-14-19(20,15-21)16-22;1-5(2,3)4/h9-12,21-22H,2-8,13-16,20H2,1H3;(H3,1,2,3,4). The van der Waals surface area contributed by atoms with Crippen LogP contribution in [0.25, 0.3) is 0 Å². The smallest absolute Gasteiger partial charge is 0.394 e. The SMILES string of the molecule is CCCCCCCCc1ccc(CCC(N)(CO)CO)cc1.O=P(O)(O)O. The number of rotatable bonds is 12. The number of aliphatic hydroxyl groups excluding tert-OH is 2. The molecule has 0 unspecified atom stereocenters. The lowest BCUT2D eigenvalue weighted by molar-refractivity contribution is 0.115. The summed E-state index contributed by atoms with van der Waals surface area (Å²) in [6.45, 7) is 1.89. The summed E-state index contributed by atoms with van der Waals surface area (Å²) in [5.74, 6) is 0. The molecule has 0 radical (unpaired) electrons. The minimum absolute atomic E-state index is 0.181. The Morgan fingerprint density at radius 3 is 1.70 bits per heavy atom. The van der Waals surface area contributed by atoms with Gasteiger partial charge < -0.3 is 30.6 Å². The van der Waals surface area contributed by atoms with E-state index in [9.17, 15) is 10.2 Å². The fraction of sp³-hybridized carbons (Fsp3) is 0.684. The topological polar surface area (TPSA) is 144 Å². The number of unbranched alkanes of at least 4 members (excludes halogenated alkanes) is 5. The first-order chi connectivity index (χ1) is 12.6. The second-order valence-electron chi connectivity index (χ2n) is 7.03. The van der Waals surface area contributed by atoms with Gasteiger partial charge in [-0.2, -0.15) is 0 Å². The highest BCUT2D eigenvalue weighted by molar-refractivity contribution is 7.45. The van der Waals surface area contributed by atoms with Gasteiger partial charge in [0.25, 0.3) is 0 Å². The van der Waals surface area contributed by atoms with E-state index in [1.807, 2.05) is 0 Å². The van der Waals surface area contributed by atoms with Crippen molar-refractivity contribution in [1.82, 2.24) is 0 Å². The molecule has 0 bridgehead atoms. The molecule has 8 heteroatoms. The molecule has 0 heterocycles. The Hall–Kier alpha value is -0.790. The zero-order chi connectivity index (χ0) is 20.8. The number of hydrogen-bond donors (Lipinski definition) is 6. The summed E-state index contributed by atoms with van der Waals surface area (Å²) in [6.07, 6.45) is 10.5. The molecule has 158 valence electrons. The molecule has 0 aliphatic rings. The van der Waals surface area contributed by atoms with E-state index in [2.05, 4.69) is 31.2 Å². The van der Waals surface area contributed by atoms with Gasteiger partial charge in [-0.15, -0.1) is 0 Å². The minimum Gasteiger partial charge on any atom is -0.394 e. The Labute approximate surface area is 162 Å². The van der Waals surface area contributed by atoms with E-state index < -0.39 is 13.4 Å². The maximum absolute atomic E-state index is 9.20. The van der Waals surface area contributed by atoms with Crippen molar-refractivity contribution >= 4 is 7.82 Å². The summed E-state index contributed by atoms with van der Waals surface area (Å²) in [5.41, 5.74) is 7.63. The van der Waals surface area contributed by atoms with E-state index in [1.54, 1.807) is 0 Å². The van der Waals surface area contributed by atoms with Crippen LogP contribution in [0.3, 0.4) is 0 Å². The van der Waals surface area contributed by atoms with E-state index in [-0.39, 0.29) is 13.2 Å². The monoisotopic (exact) mass is 405 g/mol. The second-order valence-corrected chi connectivity index (χ2v) is 8.05. The van der Waals surface area contributed by atoms with Crippen LogP contribution in [0.2, 0.25) is 0 Å². The van der Waals surface area contributed by atoms with Gasteiger partial charge in [-0.25, -0.2) is 4.57 Å². The number of aliphatic hydroxyl groups is 2. The molecule has 0 spiro atoms. The van der Waals surface area contributed by atoms with Crippen molar-refractivity contribution in [3.05, 3.63) is 35.4 Å². The molecule has 0 fully saturated rings. The Morgan fingerprint density at radius 2 is 1.26 bits per heavy atom. The highest BCUT2D eigenvalue weighted by Gasteiger charge is 2.22. The highest BCUT2D eigenvalue weighted by Crippen LogP contribution is 2.25. The van der Waals surface area contributed by atoms with Crippen LogP contribution in [-0.4, -0.2) is 43.6 Å². The first-order valence-corrected chi connectivity index (χ1v) is 11.1. The molecule has 0 aliphatic heterocycles. The average Bonchev–Trinajstić information content (AvgIpc) is 2.62. The Kier molecular flexibility index (Phi) is 13.8. The van der Waals surface area contributed by atoms with Gasteiger partial charge in [0.15, 0.2) is 0 Å². The quantitative estimate of drug-likeness (QED) is 0.231. The lowest BCUT2D eigenvalue weighted by Gasteiger charge is -2.24. The zero-order valence-corrected chi connectivity index (χ0v) is 17.2. The van der Waals surface area contributed by atoms with Crippen LogP contribution in [0.4, 0.5) is 0 Å². The van der Waals surface area contributed by atoms with Gasteiger partial charge in [0, 0.05) is 0 Å². The van der Waals surface area contributed by atoms with Crippen molar-refractivity contribution in [3.8, 4) is 0 Å². The number of benzene rings is 1. The first-order valence-electron chi connectivity index (χ1n) is 9.50. The summed E-state index contributed by atoms with van der Waals surface area (Å²) in [6, 6.07) is 8.66. The first kappa shape index (κ1) is 26.2. The third-order valence-electron chi connectivity index (χ3n) is 4.38. The van der Waals surface area contributed by atoms with Crippen molar-refractivity contribution < 1.29 is 29.5 Å². The molecule has 0 aromatic heterocycles. The molecular formula is C19H36NO6P. The summed E-state index contributed by atoms with van der Waals surface area (Å²) < 4.78 is 8.88. The van der Waals surface area contributed by atoms with Gasteiger partial charge in [0.2, 0.25) is 0 Å². The van der Waals surface area contributed by atoms with Crippen molar-refractivity contribution in [2.45, 2.75) is 70.3 Å². The van der Waals surface area contributed by atoms with Crippen LogP contribution in [-0.2, 0) is 17.4 Å². The molecule has 7 nitrogen and oxygen atoms in total. The van der Waals surface area contributed by atoms with Crippen LogP contribution in [0, 0.1) is 0 Å². The molecule has 1 rings (SSSR count). The van der Waals surface area contributed by atoms with Crippen molar-refractivity contribution in [1.29, 1.82) is 0 Å².